The van der Waals surface area contributed by atoms with E-state index >= 15 is 0 Å². The summed E-state index contributed by atoms with van der Waals surface area (Å²) in [7, 11) is 0. The molecular weight excluding hydrogens is 750 g/mol. The highest BCUT2D eigenvalue weighted by molar-refractivity contribution is 6.26. The van der Waals surface area contributed by atoms with Gasteiger partial charge in [-0.3, -0.25) is 19.2 Å². The fraction of sp³-hybridized carbons (Fsp3) is 0.750. The van der Waals surface area contributed by atoms with Crippen LogP contribution >= 0.6 is 11.6 Å². The first-order chi connectivity index (χ1) is 25.8. The van der Waals surface area contributed by atoms with Gasteiger partial charge in [-0.15, -0.1) is 31.8 Å². The van der Waals surface area contributed by atoms with E-state index in [-0.39, 0.29) is 69.5 Å². The van der Waals surface area contributed by atoms with Crippen LogP contribution in [0.3, 0.4) is 0 Å². The van der Waals surface area contributed by atoms with Crippen LogP contribution in [-0.2, 0) is 43.1 Å². The molecule has 3 fully saturated rings. The number of fused-ring (bicyclic) bond motifs is 5. The Morgan fingerprint density at radius 3 is 2.29 bits per heavy atom. The lowest BCUT2D eigenvalue weighted by Crippen LogP contribution is -2.69. The highest BCUT2D eigenvalue weighted by atomic mass is 35.5. The van der Waals surface area contributed by atoms with Crippen LogP contribution in [-0.4, -0.2) is 98.8 Å². The standard InChI is InChI=1S/C36H50ClN3O15/c1-22-17-26-25-11-10-23-18-24(41)12-13-33(23,2)35(25,37)28(42)20-34(26,3)36(22,47)29(43)21-53-31(45)19-27(32(46)52-14-7-8-16-55-40(50)51)38-30(44)9-5-4-6-15-54-39(48)49/h12-13,18,22,25-28,42,47H,4-11,14-17,19-21H2,1-3H3,(H,38,44)/t22-,25?,26?,27?,28-,33-,34-,35-,36-/m0/s1. The zero-order chi connectivity index (χ0) is 40.8. The van der Waals surface area contributed by atoms with Crippen LogP contribution in [0.5, 0.6) is 0 Å². The van der Waals surface area contributed by atoms with Crippen LogP contribution in [0.1, 0.15) is 91.4 Å². The molecule has 4 aliphatic rings. The molecule has 3 unspecified atom stereocenters. The Bertz CT molecular complexity index is 1590. The lowest BCUT2D eigenvalue weighted by Gasteiger charge is -2.63. The summed E-state index contributed by atoms with van der Waals surface area (Å²) in [4.78, 5) is 92.7. The Hall–Kier alpha value is -4.16. The Labute approximate surface area is 322 Å². The fourth-order valence-electron chi connectivity index (χ4n) is 9.40. The van der Waals surface area contributed by atoms with Gasteiger partial charge in [0.1, 0.15) is 11.6 Å². The molecule has 3 N–H and O–H groups in total. The molecular formula is C36H50ClN3O15. The number of carbonyl (C=O) groups is 5. The molecule has 9 atom stereocenters. The van der Waals surface area contributed by atoms with Crippen molar-refractivity contribution in [1.29, 1.82) is 0 Å². The zero-order valence-electron chi connectivity index (χ0n) is 31.2. The lowest BCUT2D eigenvalue weighted by molar-refractivity contribution is -0.757. The van der Waals surface area contributed by atoms with E-state index in [1.807, 2.05) is 6.92 Å². The molecule has 0 aromatic carbocycles. The predicted octanol–water partition coefficient (Wildman–Crippen LogP) is 2.89. The Morgan fingerprint density at radius 2 is 1.64 bits per heavy atom. The fourth-order valence-corrected chi connectivity index (χ4v) is 9.92. The molecule has 0 saturated heterocycles. The molecule has 0 aromatic heterocycles. The molecule has 306 valence electrons. The van der Waals surface area contributed by atoms with E-state index in [0.717, 1.165) is 5.57 Å². The smallest absolute Gasteiger partial charge is 0.329 e. The van der Waals surface area contributed by atoms with Crippen LogP contribution < -0.4 is 5.32 Å². The van der Waals surface area contributed by atoms with Gasteiger partial charge in [0.25, 0.3) is 10.2 Å². The maximum absolute atomic E-state index is 14.0. The summed E-state index contributed by atoms with van der Waals surface area (Å²) >= 11 is 7.46. The molecule has 3 saturated carbocycles. The van der Waals surface area contributed by atoms with Gasteiger partial charge in [-0.1, -0.05) is 38.8 Å². The summed E-state index contributed by atoms with van der Waals surface area (Å²) in [6, 6.07) is -1.53. The Kier molecular flexibility index (Phi) is 14.1. The van der Waals surface area contributed by atoms with E-state index in [1.165, 1.54) is 6.08 Å². The quantitative estimate of drug-likeness (QED) is 0.0526. The number of rotatable bonds is 20. The number of halogens is 1. The van der Waals surface area contributed by atoms with Crippen LogP contribution in [0.2, 0.25) is 0 Å². The maximum Gasteiger partial charge on any atom is 0.329 e. The summed E-state index contributed by atoms with van der Waals surface area (Å²) in [6.07, 6.45) is 5.56. The van der Waals surface area contributed by atoms with Gasteiger partial charge in [0.2, 0.25) is 11.7 Å². The number of hydrogen-bond acceptors (Lipinski definition) is 15. The van der Waals surface area contributed by atoms with E-state index in [4.69, 9.17) is 21.1 Å². The number of Topliss-reactive ketones (excluding diaryl/α,β-unsaturated/α-hetero) is 1. The molecule has 18 nitrogen and oxygen atoms in total. The molecule has 0 bridgehead atoms. The molecule has 4 rings (SSSR count). The molecule has 4 aliphatic carbocycles. The van der Waals surface area contributed by atoms with Crippen molar-refractivity contribution in [3.8, 4) is 0 Å². The third-order valence-corrected chi connectivity index (χ3v) is 13.2. The van der Waals surface area contributed by atoms with Crippen molar-refractivity contribution in [2.24, 2.45) is 28.6 Å². The summed E-state index contributed by atoms with van der Waals surface area (Å²) in [5.74, 6) is -4.88. The van der Waals surface area contributed by atoms with Crippen molar-refractivity contribution in [2.45, 2.75) is 114 Å². The summed E-state index contributed by atoms with van der Waals surface area (Å²) < 4.78 is 10.5. The van der Waals surface area contributed by atoms with E-state index < -0.39 is 86.2 Å². The highest BCUT2D eigenvalue weighted by Crippen LogP contribution is 2.71. The SMILES string of the molecule is C[C@H]1CC2C3CCC4=CC(=O)C=C[C@]4(C)[C@@]3(Cl)[C@@H](O)C[C@]2(C)[C@@]1(O)C(=O)COC(=O)CC(NC(=O)CCCCCO[N+](=O)[O-])C(=O)OCCCCO[N+](=O)[O-]. The number of nitrogens with one attached hydrogen (secondary N) is 1. The van der Waals surface area contributed by atoms with Crippen molar-refractivity contribution in [2.75, 3.05) is 26.4 Å². The average molecular weight is 800 g/mol. The average Bonchev–Trinajstić information content (AvgIpc) is 3.31. The highest BCUT2D eigenvalue weighted by Gasteiger charge is 2.74. The minimum Gasteiger partial charge on any atom is -0.464 e. The first kappa shape index (κ1) is 43.6. The number of hydrogen-bond donors (Lipinski definition) is 3. The normalized spacial score (nSPS) is 32.5. The Balaban J connectivity index is 1.40. The van der Waals surface area contributed by atoms with Gasteiger partial charge in [0, 0.05) is 17.3 Å². The number of carbonyl (C=O) groups excluding carboxylic acids is 5. The molecule has 19 heteroatoms. The van der Waals surface area contributed by atoms with Crippen molar-refractivity contribution in [1.82, 2.24) is 5.32 Å². The largest absolute Gasteiger partial charge is 0.464 e. The molecule has 0 radical (unpaired) electrons. The molecule has 0 heterocycles. The van der Waals surface area contributed by atoms with Gasteiger partial charge in [-0.05, 0) is 81.3 Å². The van der Waals surface area contributed by atoms with E-state index in [2.05, 4.69) is 15.0 Å². The van der Waals surface area contributed by atoms with E-state index in [0.29, 0.717) is 32.1 Å². The second kappa shape index (κ2) is 17.7. The number of alkyl halides is 1. The molecule has 0 aromatic rings. The number of amides is 1. The monoisotopic (exact) mass is 799 g/mol. The van der Waals surface area contributed by atoms with Crippen LogP contribution in [0.15, 0.2) is 23.8 Å². The van der Waals surface area contributed by atoms with Gasteiger partial charge in [0.15, 0.2) is 12.4 Å². The van der Waals surface area contributed by atoms with Crippen molar-refractivity contribution in [3.05, 3.63) is 44.0 Å². The van der Waals surface area contributed by atoms with Crippen molar-refractivity contribution in [3.63, 3.8) is 0 Å². The third-order valence-electron chi connectivity index (χ3n) is 12.2. The van der Waals surface area contributed by atoms with Gasteiger partial charge >= 0.3 is 11.9 Å². The number of allylic oxidation sites excluding steroid dienone is 4. The molecule has 1 amide bonds. The Morgan fingerprint density at radius 1 is 1.00 bits per heavy atom. The van der Waals surface area contributed by atoms with E-state index in [1.54, 1.807) is 26.0 Å². The van der Waals surface area contributed by atoms with Gasteiger partial charge in [0.05, 0.1) is 37.2 Å². The maximum atomic E-state index is 14.0. The predicted molar refractivity (Wildman–Crippen MR) is 190 cm³/mol. The third kappa shape index (κ3) is 8.96. The summed E-state index contributed by atoms with van der Waals surface area (Å²) in [5.41, 5.74) is -3.19. The topological polar surface area (TPSA) is 261 Å². The van der Waals surface area contributed by atoms with E-state index in [9.17, 15) is 54.4 Å². The lowest BCUT2D eigenvalue weighted by atomic mass is 9.45. The number of esters is 2. The van der Waals surface area contributed by atoms with Crippen LogP contribution in [0.4, 0.5) is 0 Å². The van der Waals surface area contributed by atoms with Crippen LogP contribution in [0, 0.1) is 48.8 Å². The van der Waals surface area contributed by atoms with Crippen LogP contribution in [0.25, 0.3) is 0 Å². The number of aliphatic hydroxyl groups is 2. The number of unbranched alkanes of at least 4 members (excludes halogenated alkanes) is 3. The summed E-state index contributed by atoms with van der Waals surface area (Å²) in [6.45, 7) is 3.93. The second-order valence-corrected chi connectivity index (χ2v) is 16.0. The van der Waals surface area contributed by atoms with Crippen molar-refractivity contribution < 1.29 is 63.5 Å². The van der Waals surface area contributed by atoms with Crippen molar-refractivity contribution >= 4 is 41.0 Å². The van der Waals surface area contributed by atoms with Gasteiger partial charge in [-0.25, -0.2) is 4.79 Å². The minimum atomic E-state index is -2.03. The molecule has 0 aliphatic heterocycles. The van der Waals surface area contributed by atoms with Gasteiger partial charge < -0.3 is 34.7 Å². The molecule has 0 spiro atoms. The number of nitrogens with zero attached hydrogens (tertiary/aromatic N) is 2. The zero-order valence-corrected chi connectivity index (χ0v) is 32.0. The number of ketones is 2. The second-order valence-electron chi connectivity index (χ2n) is 15.4. The molecule has 55 heavy (non-hydrogen) atoms. The number of aliphatic hydroxyl groups excluding tert-OH is 1. The number of ether oxygens (including phenoxy) is 2. The summed E-state index contributed by atoms with van der Waals surface area (Å²) in [5, 5.41) is 45.2. The first-order valence-electron chi connectivity index (χ1n) is 18.5. The minimum absolute atomic E-state index is 0.0380. The first-order valence-corrected chi connectivity index (χ1v) is 18.9. The van der Waals surface area contributed by atoms with Gasteiger partial charge in [-0.2, -0.15) is 0 Å².